The summed E-state index contributed by atoms with van der Waals surface area (Å²) in [6.07, 6.45) is -2.82. The van der Waals surface area contributed by atoms with E-state index in [0.29, 0.717) is 0 Å². The number of hydrogen-bond acceptors (Lipinski definition) is 8. The second-order valence-corrected chi connectivity index (χ2v) is 5.72. The van der Waals surface area contributed by atoms with Crippen molar-refractivity contribution in [1.82, 2.24) is 0 Å². The number of nitrogens with two attached hydrogens (primary N) is 3. The zero-order chi connectivity index (χ0) is 19.4. The van der Waals surface area contributed by atoms with E-state index in [9.17, 15) is 19.5 Å². The fourth-order valence-electron chi connectivity index (χ4n) is 2.95. The number of carbonyl (C=O) groups is 3. The minimum absolute atomic E-state index is 0.125. The van der Waals surface area contributed by atoms with Crippen molar-refractivity contribution in [2.45, 2.75) is 30.8 Å². The van der Waals surface area contributed by atoms with Gasteiger partial charge >= 0.3 is 12.1 Å². The molecule has 1 fully saturated rings. The second-order valence-electron chi connectivity index (χ2n) is 5.72. The number of aliphatic carboxylic acids is 1. The average molecular weight is 372 g/mol. The van der Waals surface area contributed by atoms with E-state index in [1.54, 1.807) is 0 Å². The van der Waals surface area contributed by atoms with Crippen molar-refractivity contribution in [2.75, 3.05) is 13.7 Å². The number of rotatable bonds is 7. The number of methoxy groups -OCH3 is 1. The summed E-state index contributed by atoms with van der Waals surface area (Å²) in [7, 11) is 1.32. The van der Waals surface area contributed by atoms with Crippen LogP contribution in [0.4, 0.5) is 4.79 Å². The Kier molecular flexibility index (Phi) is 5.87. The Morgan fingerprint density at radius 2 is 2.08 bits per heavy atom. The van der Waals surface area contributed by atoms with Gasteiger partial charge in [0.15, 0.2) is 12.1 Å². The number of ether oxygens (including phenoxy) is 4. The van der Waals surface area contributed by atoms with Gasteiger partial charge in [0.25, 0.3) is 0 Å². The van der Waals surface area contributed by atoms with Crippen molar-refractivity contribution in [3.8, 4) is 0 Å². The summed E-state index contributed by atoms with van der Waals surface area (Å²) >= 11 is 0. The average Bonchev–Trinajstić information content (AvgIpc) is 2.95. The van der Waals surface area contributed by atoms with Gasteiger partial charge in [-0.15, -0.1) is 0 Å². The van der Waals surface area contributed by atoms with Gasteiger partial charge in [0.1, 0.15) is 18.8 Å². The maximum Gasteiger partial charge on any atom is 0.508 e. The molecule has 0 aromatic rings. The molecule has 0 aromatic carbocycles. The molecule has 2 heterocycles. The summed E-state index contributed by atoms with van der Waals surface area (Å²) in [6, 6.07) is -0.909. The molecule has 5 atom stereocenters. The van der Waals surface area contributed by atoms with Crippen molar-refractivity contribution in [3.05, 3.63) is 11.8 Å². The summed E-state index contributed by atoms with van der Waals surface area (Å²) in [4.78, 5) is 38.1. The zero-order valence-corrected chi connectivity index (χ0v) is 13.9. The number of cyclic esters (lactones) is 2. The summed E-state index contributed by atoms with van der Waals surface area (Å²) < 4.78 is 20.6. The van der Waals surface area contributed by atoms with Crippen molar-refractivity contribution < 1.29 is 38.4 Å². The lowest BCUT2D eigenvalue weighted by molar-refractivity contribution is -0.148. The molecule has 12 nitrogen and oxygen atoms in total. The van der Waals surface area contributed by atoms with Gasteiger partial charge in [0, 0.05) is 19.4 Å². The highest BCUT2D eigenvalue weighted by atomic mass is 16.8. The highest BCUT2D eigenvalue weighted by Crippen LogP contribution is 2.34. The summed E-state index contributed by atoms with van der Waals surface area (Å²) in [5.74, 6) is -3.55. The van der Waals surface area contributed by atoms with E-state index in [-0.39, 0.29) is 19.0 Å². The van der Waals surface area contributed by atoms with Crippen LogP contribution >= 0.6 is 0 Å². The van der Waals surface area contributed by atoms with Crippen LogP contribution in [0.25, 0.3) is 0 Å². The molecule has 7 N–H and O–H groups in total. The second kappa shape index (κ2) is 7.91. The number of carboxylic acids is 1. The molecule has 12 heteroatoms. The molecule has 2 aliphatic rings. The van der Waals surface area contributed by atoms with Gasteiger partial charge in [-0.2, -0.15) is 0 Å². The van der Waals surface area contributed by atoms with Crippen LogP contribution in [-0.2, 0) is 28.5 Å². The first-order valence-electron chi connectivity index (χ1n) is 7.58. The van der Waals surface area contributed by atoms with Crippen LogP contribution in [0.1, 0.15) is 6.42 Å². The fraction of sp³-hybridized carbons (Fsp3) is 0.571. The molecule has 144 valence electrons. The molecular weight excluding hydrogens is 352 g/mol. The van der Waals surface area contributed by atoms with Crippen LogP contribution < -0.4 is 17.2 Å². The minimum Gasteiger partial charge on any atom is -0.480 e. The lowest BCUT2D eigenvalue weighted by atomic mass is 9.83. The van der Waals surface area contributed by atoms with Crippen molar-refractivity contribution in [1.29, 1.82) is 0 Å². The highest BCUT2D eigenvalue weighted by molar-refractivity contribution is 5.85. The zero-order valence-electron chi connectivity index (χ0n) is 13.9. The molecular formula is C14H20N4O8. The van der Waals surface area contributed by atoms with Crippen LogP contribution in [0.2, 0.25) is 0 Å². The third kappa shape index (κ3) is 4.33. The van der Waals surface area contributed by atoms with Crippen LogP contribution in [-0.4, -0.2) is 67.2 Å². The summed E-state index contributed by atoms with van der Waals surface area (Å²) in [5, 5.41) is 9.29. The van der Waals surface area contributed by atoms with E-state index in [1.807, 2.05) is 0 Å². The van der Waals surface area contributed by atoms with Gasteiger partial charge in [0.2, 0.25) is 11.7 Å². The third-order valence-corrected chi connectivity index (χ3v) is 3.97. The Labute approximate surface area is 147 Å². The SMILES string of the molecule is COC([C@H]1COC(=O)O1)[C@@H]1OC(C(=O)O)=C[C@@H](N=C(N)N)[C@H]1CC(N)=O. The Hall–Kier alpha value is -3.02. The first-order valence-corrected chi connectivity index (χ1v) is 7.58. The standard InChI is InChI=1S/C14H20N4O8/c1-23-11(8-4-24-14(22)26-8)10-5(2-9(15)19)6(18-13(16)17)3-7(25-10)12(20)21/h3,5-6,8,10-11H,2,4H2,1H3,(H2,15,19)(H,20,21)(H4,16,17,18)/t5-,6-,8-,10-,11?/m1/s1. The van der Waals surface area contributed by atoms with Gasteiger partial charge in [0.05, 0.1) is 6.04 Å². The maximum atomic E-state index is 11.5. The van der Waals surface area contributed by atoms with Gasteiger partial charge in [-0.3, -0.25) is 4.79 Å². The van der Waals surface area contributed by atoms with E-state index in [2.05, 4.69) is 4.99 Å². The van der Waals surface area contributed by atoms with Crippen LogP contribution in [0.15, 0.2) is 16.8 Å². The van der Waals surface area contributed by atoms with Crippen molar-refractivity contribution in [2.24, 2.45) is 28.1 Å². The van der Waals surface area contributed by atoms with E-state index in [4.69, 9.17) is 36.1 Å². The van der Waals surface area contributed by atoms with Crippen LogP contribution in [0, 0.1) is 5.92 Å². The van der Waals surface area contributed by atoms with E-state index in [1.165, 1.54) is 13.2 Å². The molecule has 0 bridgehead atoms. The number of aliphatic imine (C=N–C) groups is 1. The molecule has 26 heavy (non-hydrogen) atoms. The normalized spacial score (nSPS) is 28.8. The molecule has 1 saturated heterocycles. The molecule has 0 spiro atoms. The fourth-order valence-corrected chi connectivity index (χ4v) is 2.95. The van der Waals surface area contributed by atoms with E-state index < -0.39 is 54.1 Å². The number of carbonyl (C=O) groups excluding carboxylic acids is 2. The lowest BCUT2D eigenvalue weighted by Gasteiger charge is -2.39. The molecule has 0 radical (unpaired) electrons. The Morgan fingerprint density at radius 1 is 1.38 bits per heavy atom. The first-order chi connectivity index (χ1) is 12.2. The number of primary amides is 1. The van der Waals surface area contributed by atoms with Crippen molar-refractivity contribution in [3.63, 3.8) is 0 Å². The number of amides is 1. The predicted octanol–water partition coefficient (Wildman–Crippen LogP) is -1.96. The van der Waals surface area contributed by atoms with Crippen LogP contribution in [0.5, 0.6) is 0 Å². The number of guanidine groups is 1. The number of carboxylic acid groups (broad SMARTS) is 1. The molecule has 2 rings (SSSR count). The molecule has 0 aliphatic carbocycles. The molecule has 1 amide bonds. The van der Waals surface area contributed by atoms with Crippen LogP contribution in [0.3, 0.4) is 0 Å². The van der Waals surface area contributed by atoms with Gasteiger partial charge in [-0.1, -0.05) is 0 Å². The summed E-state index contributed by atoms with van der Waals surface area (Å²) in [6.45, 7) is -0.125. The largest absolute Gasteiger partial charge is 0.508 e. The van der Waals surface area contributed by atoms with Gasteiger partial charge in [-0.05, 0) is 6.08 Å². The molecule has 0 aromatic heterocycles. The molecule has 1 unspecified atom stereocenters. The van der Waals surface area contributed by atoms with E-state index >= 15 is 0 Å². The molecule has 2 aliphatic heterocycles. The molecule has 0 saturated carbocycles. The van der Waals surface area contributed by atoms with E-state index in [0.717, 1.165) is 0 Å². The first kappa shape index (κ1) is 19.3. The quantitative estimate of drug-likeness (QED) is 0.221. The number of nitrogens with zero attached hydrogens (tertiary/aromatic N) is 1. The monoisotopic (exact) mass is 372 g/mol. The Balaban J connectivity index is 2.42. The smallest absolute Gasteiger partial charge is 0.480 e. The number of hydrogen-bond donors (Lipinski definition) is 4. The Bertz CT molecular complexity index is 645. The lowest BCUT2D eigenvalue weighted by Crippen LogP contribution is -2.52. The predicted molar refractivity (Wildman–Crippen MR) is 84.5 cm³/mol. The topological polar surface area (TPSA) is 199 Å². The van der Waals surface area contributed by atoms with Crippen molar-refractivity contribution >= 4 is 24.0 Å². The van der Waals surface area contributed by atoms with Gasteiger partial charge < -0.3 is 41.3 Å². The highest BCUT2D eigenvalue weighted by Gasteiger charge is 2.47. The summed E-state index contributed by atoms with van der Waals surface area (Å²) in [5.41, 5.74) is 16.1. The Morgan fingerprint density at radius 3 is 2.54 bits per heavy atom. The minimum atomic E-state index is -1.36. The maximum absolute atomic E-state index is 11.5. The third-order valence-electron chi connectivity index (χ3n) is 3.97. The van der Waals surface area contributed by atoms with Gasteiger partial charge in [-0.25, -0.2) is 14.6 Å².